The van der Waals surface area contributed by atoms with E-state index in [0.29, 0.717) is 0 Å². The van der Waals surface area contributed by atoms with Crippen LogP contribution in [0, 0.1) is 5.92 Å². The van der Waals surface area contributed by atoms with E-state index in [-0.39, 0.29) is 12.5 Å². The molecule has 0 aromatic heterocycles. The average Bonchev–Trinajstić information content (AvgIpc) is 3.21. The molecule has 0 aromatic carbocycles. The van der Waals surface area contributed by atoms with Crippen LogP contribution in [0.5, 0.6) is 0 Å². The maximum Gasteiger partial charge on any atom is 0.326 e. The van der Waals surface area contributed by atoms with Crippen LogP contribution in [0.1, 0.15) is 13.8 Å². The van der Waals surface area contributed by atoms with Crippen molar-refractivity contribution in [3.63, 3.8) is 0 Å². The summed E-state index contributed by atoms with van der Waals surface area (Å²) in [6.45, 7) is 3.06. The van der Waals surface area contributed by atoms with E-state index in [1.807, 2.05) is 0 Å². The van der Waals surface area contributed by atoms with Gasteiger partial charge in [-0.2, -0.15) is 0 Å². The molecule has 7 N–H and O–H groups in total. The summed E-state index contributed by atoms with van der Waals surface area (Å²) in [7, 11) is 0. The maximum absolute atomic E-state index is 11.8. The highest BCUT2D eigenvalue weighted by Gasteiger charge is 2.49. The first-order valence-corrected chi connectivity index (χ1v) is 6.66. The molecule has 0 saturated carbocycles. The van der Waals surface area contributed by atoms with E-state index in [1.54, 1.807) is 13.8 Å². The predicted molar refractivity (Wildman–Crippen MR) is 73.2 cm³/mol. The SMILES string of the molecule is CC(C)C(NC(=O)C(N)CNC(=O)C1OC1C(N)=O)C(=O)O. The van der Waals surface area contributed by atoms with Gasteiger partial charge in [-0.15, -0.1) is 0 Å². The fourth-order valence-corrected chi connectivity index (χ4v) is 1.71. The molecule has 124 valence electrons. The van der Waals surface area contributed by atoms with Gasteiger partial charge in [0.15, 0.2) is 12.2 Å². The quantitative estimate of drug-likeness (QED) is 0.294. The smallest absolute Gasteiger partial charge is 0.326 e. The fraction of sp³-hybridized carbons (Fsp3) is 0.667. The van der Waals surface area contributed by atoms with E-state index in [4.69, 9.17) is 21.3 Å². The van der Waals surface area contributed by atoms with Gasteiger partial charge in [-0.3, -0.25) is 14.4 Å². The number of carboxylic acid groups (broad SMARTS) is 1. The van der Waals surface area contributed by atoms with Crippen LogP contribution in [0.15, 0.2) is 0 Å². The molecule has 0 radical (unpaired) electrons. The standard InChI is InChI=1S/C12H20N4O6/c1-4(2)6(12(20)21)16-10(18)5(13)3-15-11(19)8-7(22-8)9(14)17/h4-8H,3,13H2,1-2H3,(H2,14,17)(H,15,19)(H,16,18)(H,20,21). The van der Waals surface area contributed by atoms with Gasteiger partial charge in [0.1, 0.15) is 12.1 Å². The lowest BCUT2D eigenvalue weighted by atomic mass is 10.0. The summed E-state index contributed by atoms with van der Waals surface area (Å²) in [6, 6.07) is -2.20. The number of ether oxygens (including phenoxy) is 1. The molecule has 0 aromatic rings. The van der Waals surface area contributed by atoms with E-state index >= 15 is 0 Å². The highest BCUT2D eigenvalue weighted by atomic mass is 16.6. The van der Waals surface area contributed by atoms with Crippen LogP contribution in [-0.2, 0) is 23.9 Å². The van der Waals surface area contributed by atoms with Crippen LogP contribution in [0.25, 0.3) is 0 Å². The van der Waals surface area contributed by atoms with E-state index in [2.05, 4.69) is 10.6 Å². The van der Waals surface area contributed by atoms with Gasteiger partial charge in [-0.1, -0.05) is 13.8 Å². The summed E-state index contributed by atoms with van der Waals surface area (Å²) in [4.78, 5) is 45.1. The number of hydrogen-bond donors (Lipinski definition) is 5. The first-order chi connectivity index (χ1) is 10.1. The zero-order chi connectivity index (χ0) is 17.0. The van der Waals surface area contributed by atoms with Crippen LogP contribution in [0.3, 0.4) is 0 Å². The summed E-state index contributed by atoms with van der Waals surface area (Å²) in [5.74, 6) is -3.55. The van der Waals surface area contributed by atoms with Crippen LogP contribution >= 0.6 is 0 Å². The Morgan fingerprint density at radius 2 is 1.82 bits per heavy atom. The third-order valence-electron chi connectivity index (χ3n) is 3.09. The minimum absolute atomic E-state index is 0.222. The van der Waals surface area contributed by atoms with Crippen molar-refractivity contribution in [3.05, 3.63) is 0 Å². The van der Waals surface area contributed by atoms with Crippen molar-refractivity contribution in [2.45, 2.75) is 38.1 Å². The number of aliphatic carboxylic acids is 1. The van der Waals surface area contributed by atoms with Gasteiger partial charge in [0.25, 0.3) is 5.91 Å². The molecular formula is C12H20N4O6. The lowest BCUT2D eigenvalue weighted by molar-refractivity contribution is -0.143. The number of epoxide rings is 1. The molecule has 22 heavy (non-hydrogen) atoms. The Bertz CT molecular complexity index is 480. The number of amides is 3. The van der Waals surface area contributed by atoms with E-state index in [0.717, 1.165) is 0 Å². The van der Waals surface area contributed by atoms with Crippen molar-refractivity contribution in [1.82, 2.24) is 10.6 Å². The van der Waals surface area contributed by atoms with Crippen molar-refractivity contribution in [2.24, 2.45) is 17.4 Å². The Morgan fingerprint density at radius 1 is 1.23 bits per heavy atom. The summed E-state index contributed by atoms with van der Waals surface area (Å²) < 4.78 is 4.75. The lowest BCUT2D eigenvalue weighted by Gasteiger charge is -2.20. The molecule has 1 saturated heterocycles. The number of carboxylic acids is 1. The molecular weight excluding hydrogens is 296 g/mol. The molecule has 10 heteroatoms. The van der Waals surface area contributed by atoms with Gasteiger partial charge >= 0.3 is 5.97 Å². The number of nitrogens with one attached hydrogen (secondary N) is 2. The molecule has 1 heterocycles. The molecule has 1 aliphatic rings. The second kappa shape index (κ2) is 7.18. The molecule has 0 aliphatic carbocycles. The van der Waals surface area contributed by atoms with Crippen molar-refractivity contribution in [1.29, 1.82) is 0 Å². The molecule has 3 amide bonds. The number of hydrogen-bond acceptors (Lipinski definition) is 6. The van der Waals surface area contributed by atoms with Crippen molar-refractivity contribution < 1.29 is 29.0 Å². The van der Waals surface area contributed by atoms with Crippen LogP contribution in [0.4, 0.5) is 0 Å². The Morgan fingerprint density at radius 3 is 2.23 bits per heavy atom. The number of nitrogens with two attached hydrogens (primary N) is 2. The van der Waals surface area contributed by atoms with Gasteiger partial charge in [0.05, 0.1) is 0 Å². The van der Waals surface area contributed by atoms with Gasteiger partial charge < -0.3 is 31.9 Å². The summed E-state index contributed by atoms with van der Waals surface area (Å²) in [5.41, 5.74) is 10.5. The minimum atomic E-state index is -1.17. The second-order valence-electron chi connectivity index (χ2n) is 5.30. The monoisotopic (exact) mass is 316 g/mol. The normalized spacial score (nSPS) is 22.5. The summed E-state index contributed by atoms with van der Waals surface area (Å²) in [6.07, 6.45) is -1.92. The highest BCUT2D eigenvalue weighted by molar-refractivity contribution is 5.94. The maximum atomic E-state index is 11.8. The number of rotatable bonds is 8. The van der Waals surface area contributed by atoms with Gasteiger partial charge in [0.2, 0.25) is 11.8 Å². The average molecular weight is 316 g/mol. The summed E-state index contributed by atoms with van der Waals surface area (Å²) >= 11 is 0. The van der Waals surface area contributed by atoms with Crippen LogP contribution in [-0.4, -0.2) is 59.6 Å². The van der Waals surface area contributed by atoms with Crippen LogP contribution < -0.4 is 22.1 Å². The fourth-order valence-electron chi connectivity index (χ4n) is 1.71. The van der Waals surface area contributed by atoms with Crippen molar-refractivity contribution in [3.8, 4) is 0 Å². The molecule has 1 aliphatic heterocycles. The zero-order valence-electron chi connectivity index (χ0n) is 12.2. The third kappa shape index (κ3) is 4.67. The molecule has 4 unspecified atom stereocenters. The second-order valence-corrected chi connectivity index (χ2v) is 5.30. The Kier molecular flexibility index (Phi) is 5.83. The number of carbonyl (C=O) groups excluding carboxylic acids is 3. The van der Waals surface area contributed by atoms with Gasteiger partial charge in [0, 0.05) is 6.54 Å². The first kappa shape index (κ1) is 17.9. The molecule has 0 spiro atoms. The van der Waals surface area contributed by atoms with E-state index < -0.39 is 48.0 Å². The number of primary amides is 1. The highest BCUT2D eigenvalue weighted by Crippen LogP contribution is 2.21. The predicted octanol–water partition coefficient (Wildman–Crippen LogP) is -3.09. The Hall–Kier alpha value is -2.20. The van der Waals surface area contributed by atoms with Gasteiger partial charge in [-0.05, 0) is 5.92 Å². The molecule has 1 fully saturated rings. The lowest BCUT2D eigenvalue weighted by Crippen LogP contribution is -2.54. The molecule has 4 atom stereocenters. The van der Waals surface area contributed by atoms with Crippen molar-refractivity contribution in [2.75, 3.05) is 6.54 Å². The van der Waals surface area contributed by atoms with E-state index in [9.17, 15) is 19.2 Å². The third-order valence-corrected chi connectivity index (χ3v) is 3.09. The zero-order valence-corrected chi connectivity index (χ0v) is 12.2. The largest absolute Gasteiger partial charge is 0.480 e. The van der Waals surface area contributed by atoms with Crippen LogP contribution in [0.2, 0.25) is 0 Å². The Labute approximate surface area is 126 Å². The minimum Gasteiger partial charge on any atom is -0.480 e. The molecule has 1 rings (SSSR count). The molecule has 0 bridgehead atoms. The van der Waals surface area contributed by atoms with E-state index in [1.165, 1.54) is 0 Å². The Balaban J connectivity index is 2.40. The number of carbonyl (C=O) groups is 4. The summed E-state index contributed by atoms with van der Waals surface area (Å²) in [5, 5.41) is 13.6. The molecule has 10 nitrogen and oxygen atoms in total. The topological polar surface area (TPSA) is 177 Å². The van der Waals surface area contributed by atoms with Crippen molar-refractivity contribution >= 4 is 23.7 Å². The van der Waals surface area contributed by atoms with Gasteiger partial charge in [-0.25, -0.2) is 4.79 Å². The first-order valence-electron chi connectivity index (χ1n) is 6.66.